The normalized spacial score (nSPS) is 14.4. The zero-order chi connectivity index (χ0) is 36.4. The molecule has 0 fully saturated rings. The molecule has 1 aromatic heterocycles. The Morgan fingerprint density at radius 1 is 0.458 bits per heavy atom. The Hall–Kier alpha value is -1.70. The van der Waals surface area contributed by atoms with E-state index in [-0.39, 0.29) is 32.5 Å². The molecule has 0 N–H and O–H groups in total. The molecule has 0 aliphatic heterocycles. The second kappa shape index (κ2) is 13.1. The van der Waals surface area contributed by atoms with E-state index in [1.807, 2.05) is 0 Å². The summed E-state index contributed by atoms with van der Waals surface area (Å²) in [5, 5.41) is 3.29. The van der Waals surface area contributed by atoms with E-state index in [9.17, 15) is 0 Å². The molecule has 1 heterocycles. The van der Waals surface area contributed by atoms with Gasteiger partial charge in [0.2, 0.25) is 0 Å². The largest absolute Gasteiger partial charge is 0.0777 e. The standard InChI is InChI=1S/C45H65P3/c1-40(2,3)30-24-32(42(7,8)9)36(33(25-30)43(10,11)12)38-46-39(48(47-38)28-29-22-20-19-21-23-29)37-34(44(13,14)15)26-31(41(4,5)6)27-35(37)45(16,17)18/h19-27H,28H2,1-18H3. The molecule has 0 nitrogen and oxygen atoms in total. The van der Waals surface area contributed by atoms with E-state index in [0.29, 0.717) is 0 Å². The van der Waals surface area contributed by atoms with E-state index < -0.39 is 7.21 Å². The highest BCUT2D eigenvalue weighted by molar-refractivity contribution is 8.08. The molecule has 48 heavy (non-hydrogen) atoms. The van der Waals surface area contributed by atoms with Crippen LogP contribution in [0.2, 0.25) is 0 Å². The molecule has 0 spiro atoms. The minimum Gasteiger partial charge on any atom is -0.0777 e. The van der Waals surface area contributed by atoms with Gasteiger partial charge in [-0.3, -0.25) is 0 Å². The van der Waals surface area contributed by atoms with E-state index in [2.05, 4.69) is 179 Å². The van der Waals surface area contributed by atoms with Crippen molar-refractivity contribution in [2.45, 2.75) is 163 Å². The third-order valence-electron chi connectivity index (χ3n) is 9.53. The van der Waals surface area contributed by atoms with Crippen molar-refractivity contribution in [3.05, 3.63) is 93.5 Å². The summed E-state index contributed by atoms with van der Waals surface area (Å²) >= 11 is 0. The minimum absolute atomic E-state index is 0.0218. The van der Waals surface area contributed by atoms with Crippen molar-refractivity contribution in [1.82, 2.24) is 0 Å². The molecule has 4 rings (SSSR count). The summed E-state index contributed by atoms with van der Waals surface area (Å²) < 4.78 is 0. The van der Waals surface area contributed by atoms with Gasteiger partial charge in [-0.05, 0) is 98.6 Å². The molecule has 0 aliphatic rings. The van der Waals surface area contributed by atoms with Gasteiger partial charge >= 0.3 is 0 Å². The van der Waals surface area contributed by atoms with Gasteiger partial charge in [-0.1, -0.05) is 186 Å². The average Bonchev–Trinajstić information content (AvgIpc) is 3.32. The van der Waals surface area contributed by atoms with Crippen molar-refractivity contribution >= 4 is 23.3 Å². The fourth-order valence-corrected chi connectivity index (χ4v) is 15.5. The molecule has 3 heteroatoms. The van der Waals surface area contributed by atoms with Gasteiger partial charge in [0.05, 0.1) is 0 Å². The lowest BCUT2D eigenvalue weighted by atomic mass is 9.72. The van der Waals surface area contributed by atoms with Crippen LogP contribution in [0.5, 0.6) is 0 Å². The average molecular weight is 699 g/mol. The molecular weight excluding hydrogens is 633 g/mol. The van der Waals surface area contributed by atoms with Gasteiger partial charge in [0.15, 0.2) is 0 Å². The van der Waals surface area contributed by atoms with Crippen molar-refractivity contribution in [2.24, 2.45) is 0 Å². The smallest absolute Gasteiger partial charge is 0.0418 e. The fourth-order valence-electron chi connectivity index (χ4n) is 6.50. The molecule has 0 amide bonds. The minimum atomic E-state index is -0.476. The van der Waals surface area contributed by atoms with Crippen LogP contribution < -0.4 is 0 Å². The summed E-state index contributed by atoms with van der Waals surface area (Å²) in [5.41, 5.74) is 13.8. The number of rotatable bonds is 4. The number of hydrogen-bond donors (Lipinski definition) is 0. The molecule has 0 bridgehead atoms. The maximum absolute atomic E-state index is 2.58. The molecule has 1 atom stereocenters. The van der Waals surface area contributed by atoms with Crippen LogP contribution in [-0.2, 0) is 38.7 Å². The summed E-state index contributed by atoms with van der Waals surface area (Å²) in [5.74, 6) is 0. The number of benzene rings is 3. The van der Waals surface area contributed by atoms with E-state index in [1.54, 1.807) is 21.2 Å². The van der Waals surface area contributed by atoms with Crippen molar-refractivity contribution in [3.63, 3.8) is 0 Å². The van der Waals surface area contributed by atoms with Gasteiger partial charge < -0.3 is 0 Å². The predicted molar refractivity (Wildman–Crippen MR) is 223 cm³/mol. The Balaban J connectivity index is 2.24. The van der Waals surface area contributed by atoms with Gasteiger partial charge in [-0.25, -0.2) is 0 Å². The van der Waals surface area contributed by atoms with Crippen LogP contribution in [0, 0.1) is 0 Å². The maximum atomic E-state index is 2.58. The summed E-state index contributed by atoms with van der Waals surface area (Å²) in [7, 11) is 2.46. The first-order valence-electron chi connectivity index (χ1n) is 18.0. The SMILES string of the molecule is CC(C)(C)c1cc(C(C)(C)C)c(-c2pc(-c3c(C(C)(C)C)cc(C(C)(C)C)cc3C(C)(C)C)p(Cc3ccccc3)p2)c(C(C)(C)C)c1. The predicted octanol–water partition coefficient (Wildman–Crippen LogP) is 16.0. The third kappa shape index (κ3) is 8.60. The van der Waals surface area contributed by atoms with Crippen molar-refractivity contribution in [2.75, 3.05) is 0 Å². The highest BCUT2D eigenvalue weighted by atomic mass is 31.9. The first kappa shape index (κ1) is 39.1. The van der Waals surface area contributed by atoms with Crippen molar-refractivity contribution < 1.29 is 0 Å². The van der Waals surface area contributed by atoms with Gasteiger partial charge in [0, 0.05) is 16.2 Å². The highest BCUT2D eigenvalue weighted by Gasteiger charge is 2.34. The summed E-state index contributed by atoms with van der Waals surface area (Å²) in [6.07, 6.45) is 1.12. The zero-order valence-electron chi connectivity index (χ0n) is 33.7. The summed E-state index contributed by atoms with van der Waals surface area (Å²) in [6.45, 7) is 43.3. The van der Waals surface area contributed by atoms with E-state index in [1.165, 1.54) is 55.0 Å². The van der Waals surface area contributed by atoms with Gasteiger partial charge in [-0.2, -0.15) is 0 Å². The van der Waals surface area contributed by atoms with Gasteiger partial charge in [-0.15, -0.1) is 0 Å². The fraction of sp³-hybridized carbons (Fsp3) is 0.556. The Morgan fingerprint density at radius 3 is 1.15 bits per heavy atom. The topological polar surface area (TPSA) is 0 Å². The Morgan fingerprint density at radius 2 is 0.812 bits per heavy atom. The van der Waals surface area contributed by atoms with E-state index >= 15 is 0 Å². The van der Waals surface area contributed by atoms with Crippen LogP contribution in [0.3, 0.4) is 0 Å². The monoisotopic (exact) mass is 698 g/mol. The van der Waals surface area contributed by atoms with Crippen LogP contribution in [0.4, 0.5) is 0 Å². The lowest BCUT2D eigenvalue weighted by Crippen LogP contribution is -2.22. The van der Waals surface area contributed by atoms with Crippen LogP contribution >= 0.6 is 23.3 Å². The van der Waals surface area contributed by atoms with Crippen LogP contribution in [0.15, 0.2) is 54.6 Å². The molecule has 1 unspecified atom stereocenters. The Bertz CT molecular complexity index is 1690. The molecule has 0 aliphatic carbocycles. The van der Waals surface area contributed by atoms with E-state index in [4.69, 9.17) is 0 Å². The third-order valence-corrected chi connectivity index (χ3v) is 17.4. The molecule has 0 radical (unpaired) electrons. The molecule has 3 aromatic carbocycles. The molecular formula is C45H65P3. The highest BCUT2D eigenvalue weighted by Crippen LogP contribution is 2.66. The van der Waals surface area contributed by atoms with Crippen molar-refractivity contribution in [3.8, 4) is 21.2 Å². The lowest BCUT2D eigenvalue weighted by molar-refractivity contribution is 0.550. The summed E-state index contributed by atoms with van der Waals surface area (Å²) in [6, 6.07) is 21.6. The van der Waals surface area contributed by atoms with Gasteiger partial charge in [0.25, 0.3) is 0 Å². The van der Waals surface area contributed by atoms with Gasteiger partial charge in [0.1, 0.15) is 0 Å². The van der Waals surface area contributed by atoms with Crippen LogP contribution in [0.25, 0.3) is 21.2 Å². The number of hydrogen-bond acceptors (Lipinski definition) is 0. The summed E-state index contributed by atoms with van der Waals surface area (Å²) in [4.78, 5) is 0. The molecule has 4 aromatic rings. The molecule has 0 saturated carbocycles. The van der Waals surface area contributed by atoms with E-state index in [0.717, 1.165) is 6.16 Å². The maximum Gasteiger partial charge on any atom is 0.0418 e. The van der Waals surface area contributed by atoms with Crippen LogP contribution in [-0.4, -0.2) is 0 Å². The van der Waals surface area contributed by atoms with Crippen molar-refractivity contribution in [1.29, 1.82) is 0 Å². The first-order valence-corrected chi connectivity index (χ1v) is 22.0. The first-order chi connectivity index (χ1) is 21.6. The quantitative estimate of drug-likeness (QED) is 0.199. The Kier molecular flexibility index (Phi) is 10.7. The molecule has 0 saturated heterocycles. The molecule has 260 valence electrons. The Labute approximate surface area is 300 Å². The second-order valence-corrected chi connectivity index (χ2v) is 26.4. The second-order valence-electron chi connectivity index (χ2n) is 20.3. The lowest BCUT2D eigenvalue weighted by Gasteiger charge is -2.34. The zero-order valence-corrected chi connectivity index (χ0v) is 36.4. The van der Waals surface area contributed by atoms with Crippen LogP contribution in [0.1, 0.15) is 164 Å².